The predicted octanol–water partition coefficient (Wildman–Crippen LogP) is 4.19. The average molecular weight is 458 g/mol. The molecule has 4 rings (SSSR count). The van der Waals surface area contributed by atoms with Crippen molar-refractivity contribution in [2.24, 2.45) is 0 Å². The molecule has 6 heteroatoms. The van der Waals surface area contributed by atoms with Crippen LogP contribution in [0.25, 0.3) is 0 Å². The molecule has 1 aliphatic heterocycles. The smallest absolute Gasteiger partial charge is 0.261 e. The van der Waals surface area contributed by atoms with Gasteiger partial charge in [-0.2, -0.15) is 0 Å². The number of hydrogen-bond acceptors (Lipinski definition) is 5. The van der Waals surface area contributed by atoms with E-state index in [1.807, 2.05) is 61.5 Å². The van der Waals surface area contributed by atoms with Crippen molar-refractivity contribution in [2.45, 2.75) is 13.0 Å². The largest absolute Gasteiger partial charge is 0.495 e. The van der Waals surface area contributed by atoms with Crippen LogP contribution in [-0.2, 0) is 0 Å². The molecule has 1 unspecified atom stereocenters. The summed E-state index contributed by atoms with van der Waals surface area (Å²) in [6, 6.07) is 25.8. The van der Waals surface area contributed by atoms with Gasteiger partial charge in [0.15, 0.2) is 0 Å². The summed E-state index contributed by atoms with van der Waals surface area (Å²) in [7, 11) is 1.69. The molecular formula is C28H31N3O3. The maximum atomic E-state index is 13.4. The first kappa shape index (κ1) is 23.5. The van der Waals surface area contributed by atoms with Crippen LogP contribution in [0.15, 0.2) is 84.9 Å². The molecule has 0 saturated carbocycles. The van der Waals surface area contributed by atoms with Gasteiger partial charge in [-0.15, -0.1) is 0 Å². The van der Waals surface area contributed by atoms with Crippen molar-refractivity contribution in [3.8, 4) is 5.75 Å². The Bertz CT molecular complexity index is 1040. The molecule has 6 nitrogen and oxygen atoms in total. The maximum absolute atomic E-state index is 13.4. The summed E-state index contributed by atoms with van der Waals surface area (Å²) >= 11 is 0. The van der Waals surface area contributed by atoms with Gasteiger partial charge in [0.05, 0.1) is 18.8 Å². The topological polar surface area (TPSA) is 53.1 Å². The molecule has 1 heterocycles. The minimum atomic E-state index is -0.279. The lowest BCUT2D eigenvalue weighted by atomic mass is 10.1. The number of methoxy groups -OCH3 is 1. The zero-order valence-corrected chi connectivity index (χ0v) is 19.8. The summed E-state index contributed by atoms with van der Waals surface area (Å²) in [5.74, 6) is 0.335. The summed E-state index contributed by atoms with van der Waals surface area (Å²) in [6.07, 6.45) is 0. The number of ether oxygens (including phenoxy) is 1. The van der Waals surface area contributed by atoms with Gasteiger partial charge in [0, 0.05) is 43.9 Å². The third kappa shape index (κ3) is 5.29. The molecule has 176 valence electrons. The highest BCUT2D eigenvalue weighted by Gasteiger charge is 2.31. The fourth-order valence-electron chi connectivity index (χ4n) is 4.45. The van der Waals surface area contributed by atoms with Crippen molar-refractivity contribution in [3.05, 3.63) is 96.1 Å². The highest BCUT2D eigenvalue weighted by atomic mass is 16.5. The Morgan fingerprint density at radius 2 is 1.29 bits per heavy atom. The van der Waals surface area contributed by atoms with Crippen LogP contribution in [0.1, 0.15) is 27.6 Å². The highest BCUT2D eigenvalue weighted by Crippen LogP contribution is 2.28. The number of para-hydroxylation sites is 2. The Kier molecular flexibility index (Phi) is 7.60. The van der Waals surface area contributed by atoms with E-state index >= 15 is 0 Å². The van der Waals surface area contributed by atoms with Crippen molar-refractivity contribution in [1.29, 1.82) is 0 Å². The molecule has 0 radical (unpaired) electrons. The second-order valence-electron chi connectivity index (χ2n) is 8.52. The fourth-order valence-corrected chi connectivity index (χ4v) is 4.45. The van der Waals surface area contributed by atoms with Crippen LogP contribution in [0.3, 0.4) is 0 Å². The lowest BCUT2D eigenvalue weighted by Gasteiger charge is -2.39. The van der Waals surface area contributed by atoms with Crippen LogP contribution in [-0.4, -0.2) is 67.5 Å². The number of anilines is 1. The molecule has 2 amide bonds. The van der Waals surface area contributed by atoms with Crippen LogP contribution in [0.4, 0.5) is 5.69 Å². The number of imide groups is 1. The van der Waals surface area contributed by atoms with Crippen LogP contribution < -0.4 is 9.64 Å². The molecule has 3 aromatic carbocycles. The number of hydrogen-bond donors (Lipinski definition) is 0. The normalized spacial score (nSPS) is 14.9. The van der Waals surface area contributed by atoms with Crippen LogP contribution in [0.5, 0.6) is 5.75 Å². The minimum Gasteiger partial charge on any atom is -0.495 e. The van der Waals surface area contributed by atoms with Crippen LogP contribution in [0.2, 0.25) is 0 Å². The average Bonchev–Trinajstić information content (AvgIpc) is 2.90. The van der Waals surface area contributed by atoms with E-state index in [1.165, 1.54) is 4.90 Å². The fraction of sp³-hybridized carbons (Fsp3) is 0.286. The number of rotatable bonds is 7. The molecule has 1 atom stereocenters. The van der Waals surface area contributed by atoms with Gasteiger partial charge in [-0.25, -0.2) is 0 Å². The van der Waals surface area contributed by atoms with E-state index in [-0.39, 0.29) is 17.9 Å². The Labute approximate surface area is 201 Å². The van der Waals surface area contributed by atoms with E-state index in [0.29, 0.717) is 17.7 Å². The van der Waals surface area contributed by atoms with Crippen molar-refractivity contribution < 1.29 is 14.3 Å². The van der Waals surface area contributed by atoms with E-state index in [0.717, 1.165) is 37.6 Å². The van der Waals surface area contributed by atoms with Gasteiger partial charge in [0.25, 0.3) is 11.8 Å². The first-order valence-electron chi connectivity index (χ1n) is 11.7. The molecule has 1 saturated heterocycles. The molecule has 0 bridgehead atoms. The van der Waals surface area contributed by atoms with E-state index in [1.54, 1.807) is 31.4 Å². The molecule has 0 aliphatic carbocycles. The molecule has 34 heavy (non-hydrogen) atoms. The van der Waals surface area contributed by atoms with Crippen LogP contribution in [0, 0.1) is 0 Å². The minimum absolute atomic E-state index is 0.269. The van der Waals surface area contributed by atoms with Gasteiger partial charge in [-0.05, 0) is 43.3 Å². The summed E-state index contributed by atoms with van der Waals surface area (Å²) in [5, 5.41) is 0. The van der Waals surface area contributed by atoms with E-state index in [4.69, 9.17) is 4.74 Å². The third-order valence-electron chi connectivity index (χ3n) is 6.24. The summed E-state index contributed by atoms with van der Waals surface area (Å²) in [4.78, 5) is 32.9. The lowest BCUT2D eigenvalue weighted by molar-refractivity contribution is 0.0518. The number of carbonyl (C=O) groups is 2. The number of benzene rings is 3. The van der Waals surface area contributed by atoms with Crippen molar-refractivity contribution in [3.63, 3.8) is 0 Å². The first-order chi connectivity index (χ1) is 16.6. The molecule has 0 N–H and O–H groups in total. The zero-order valence-electron chi connectivity index (χ0n) is 19.8. The van der Waals surface area contributed by atoms with Gasteiger partial charge in [-0.1, -0.05) is 48.5 Å². The number of carbonyl (C=O) groups excluding carboxylic acids is 2. The second kappa shape index (κ2) is 11.0. The second-order valence-corrected chi connectivity index (χ2v) is 8.52. The van der Waals surface area contributed by atoms with Crippen molar-refractivity contribution in [1.82, 2.24) is 9.80 Å². The van der Waals surface area contributed by atoms with Gasteiger partial charge in [0.1, 0.15) is 5.75 Å². The van der Waals surface area contributed by atoms with E-state index in [9.17, 15) is 9.59 Å². The molecular weight excluding hydrogens is 426 g/mol. The maximum Gasteiger partial charge on any atom is 0.261 e. The Morgan fingerprint density at radius 3 is 1.82 bits per heavy atom. The Morgan fingerprint density at radius 1 is 0.794 bits per heavy atom. The molecule has 0 spiro atoms. The van der Waals surface area contributed by atoms with E-state index in [2.05, 4.69) is 15.9 Å². The van der Waals surface area contributed by atoms with Gasteiger partial charge >= 0.3 is 0 Å². The Balaban J connectivity index is 1.47. The number of amides is 2. The highest BCUT2D eigenvalue weighted by molar-refractivity contribution is 6.10. The zero-order chi connectivity index (χ0) is 23.9. The SMILES string of the molecule is COc1ccccc1N1CCN(CC(C)N(C(=O)c2ccccc2)C(=O)c2ccccc2)CC1. The summed E-state index contributed by atoms with van der Waals surface area (Å²) in [5.41, 5.74) is 2.12. The predicted molar refractivity (Wildman–Crippen MR) is 134 cm³/mol. The van der Waals surface area contributed by atoms with E-state index < -0.39 is 0 Å². The number of piperazine rings is 1. The standard InChI is InChI=1S/C28H31N3O3/c1-22(21-29-17-19-30(20-18-29)25-15-9-10-16-26(25)34-2)31(27(32)23-11-5-3-6-12-23)28(33)24-13-7-4-8-14-24/h3-16,22H,17-21H2,1-2H3. The Hall–Kier alpha value is -3.64. The number of nitrogens with zero attached hydrogens (tertiary/aromatic N) is 3. The van der Waals surface area contributed by atoms with Gasteiger partial charge in [0.2, 0.25) is 0 Å². The molecule has 0 aromatic heterocycles. The van der Waals surface area contributed by atoms with Crippen molar-refractivity contribution >= 4 is 17.5 Å². The molecule has 1 aliphatic rings. The molecule has 1 fully saturated rings. The van der Waals surface area contributed by atoms with Crippen molar-refractivity contribution in [2.75, 3.05) is 44.7 Å². The van der Waals surface area contributed by atoms with Gasteiger partial charge in [-0.3, -0.25) is 19.4 Å². The van der Waals surface area contributed by atoms with Gasteiger partial charge < -0.3 is 9.64 Å². The summed E-state index contributed by atoms with van der Waals surface area (Å²) < 4.78 is 5.52. The molecule has 3 aromatic rings. The first-order valence-corrected chi connectivity index (χ1v) is 11.7. The van der Waals surface area contributed by atoms with Crippen LogP contribution >= 0.6 is 0 Å². The lowest BCUT2D eigenvalue weighted by Crippen LogP contribution is -2.53. The quantitative estimate of drug-likeness (QED) is 0.498. The monoisotopic (exact) mass is 457 g/mol. The third-order valence-corrected chi connectivity index (χ3v) is 6.24. The summed E-state index contributed by atoms with van der Waals surface area (Å²) in [6.45, 7) is 5.97.